The van der Waals surface area contributed by atoms with Crippen molar-refractivity contribution < 1.29 is 17.9 Å². The second kappa shape index (κ2) is 9.61. The molecule has 8 heteroatoms. The molecule has 1 N–H and O–H groups in total. The van der Waals surface area contributed by atoms with Crippen molar-refractivity contribution in [3.63, 3.8) is 0 Å². The van der Waals surface area contributed by atoms with Gasteiger partial charge in [-0.05, 0) is 32.4 Å². The maximum absolute atomic E-state index is 12.5. The second-order valence-electron chi connectivity index (χ2n) is 5.76. The zero-order valence-electron chi connectivity index (χ0n) is 14.7. The lowest BCUT2D eigenvalue weighted by Gasteiger charge is -2.26. The van der Waals surface area contributed by atoms with Crippen LogP contribution < -0.4 is 9.62 Å². The van der Waals surface area contributed by atoms with Crippen LogP contribution in [0.4, 0.5) is 5.69 Å². The highest BCUT2D eigenvalue weighted by Gasteiger charge is 2.26. The van der Waals surface area contributed by atoms with Crippen LogP contribution in [0.1, 0.15) is 20.3 Å². The van der Waals surface area contributed by atoms with Crippen LogP contribution in [0, 0.1) is 0 Å². The number of hydrogen-bond acceptors (Lipinski definition) is 4. The summed E-state index contributed by atoms with van der Waals surface area (Å²) in [6, 6.07) is 8.57. The van der Waals surface area contributed by atoms with Gasteiger partial charge >= 0.3 is 10.2 Å². The highest BCUT2D eigenvalue weighted by Crippen LogP contribution is 2.18. The fourth-order valence-corrected chi connectivity index (χ4v) is 2.97. The van der Waals surface area contributed by atoms with E-state index in [1.807, 2.05) is 13.8 Å². The van der Waals surface area contributed by atoms with Gasteiger partial charge in [0.1, 0.15) is 6.54 Å². The Hall–Kier alpha value is -1.64. The molecule has 24 heavy (non-hydrogen) atoms. The van der Waals surface area contributed by atoms with Gasteiger partial charge in [0, 0.05) is 27.2 Å². The molecular formula is C16H27N3O4S. The lowest BCUT2D eigenvalue weighted by Crippen LogP contribution is -2.46. The Morgan fingerprint density at radius 3 is 2.38 bits per heavy atom. The first-order chi connectivity index (χ1) is 11.2. The molecule has 0 unspecified atom stereocenters. The summed E-state index contributed by atoms with van der Waals surface area (Å²) < 4.78 is 32.5. The lowest BCUT2D eigenvalue weighted by atomic mass is 10.3. The number of nitrogens with one attached hydrogen (secondary N) is 1. The highest BCUT2D eigenvalue weighted by molar-refractivity contribution is 7.90. The summed E-state index contributed by atoms with van der Waals surface area (Å²) in [6.07, 6.45) is 0.829. The van der Waals surface area contributed by atoms with Crippen LogP contribution in [0.3, 0.4) is 0 Å². The van der Waals surface area contributed by atoms with E-state index >= 15 is 0 Å². The molecule has 0 fully saturated rings. The van der Waals surface area contributed by atoms with E-state index in [9.17, 15) is 13.2 Å². The first-order valence-electron chi connectivity index (χ1n) is 7.88. The topological polar surface area (TPSA) is 79.0 Å². The van der Waals surface area contributed by atoms with Crippen molar-refractivity contribution >= 4 is 21.8 Å². The predicted molar refractivity (Wildman–Crippen MR) is 95.1 cm³/mol. The molecule has 0 bridgehead atoms. The van der Waals surface area contributed by atoms with Gasteiger partial charge in [-0.25, -0.2) is 4.31 Å². The number of anilines is 1. The summed E-state index contributed by atoms with van der Waals surface area (Å²) in [4.78, 5) is 12.1. The fraction of sp³-hybridized carbons (Fsp3) is 0.562. The van der Waals surface area contributed by atoms with E-state index in [2.05, 4.69) is 5.32 Å². The number of rotatable bonds is 10. The number of amides is 1. The van der Waals surface area contributed by atoms with Crippen LogP contribution in [-0.4, -0.2) is 58.5 Å². The number of para-hydroxylation sites is 1. The average molecular weight is 357 g/mol. The van der Waals surface area contributed by atoms with Gasteiger partial charge < -0.3 is 10.1 Å². The summed E-state index contributed by atoms with van der Waals surface area (Å²) in [7, 11) is -0.879. The number of carbonyl (C=O) groups is 1. The molecule has 0 aliphatic carbocycles. The van der Waals surface area contributed by atoms with E-state index in [1.165, 1.54) is 14.1 Å². The van der Waals surface area contributed by atoms with Gasteiger partial charge in [-0.15, -0.1) is 0 Å². The van der Waals surface area contributed by atoms with Crippen molar-refractivity contribution in [2.24, 2.45) is 0 Å². The van der Waals surface area contributed by atoms with Crippen LogP contribution in [-0.2, 0) is 19.7 Å². The van der Waals surface area contributed by atoms with E-state index in [1.54, 1.807) is 30.3 Å². The summed E-state index contributed by atoms with van der Waals surface area (Å²) in [5.41, 5.74) is 0.449. The maximum Gasteiger partial charge on any atom is 0.304 e. The Labute approximate surface area is 144 Å². The Bertz CT molecular complexity index is 603. The first-order valence-corrected chi connectivity index (χ1v) is 9.28. The molecule has 1 amide bonds. The van der Waals surface area contributed by atoms with Gasteiger partial charge in [-0.2, -0.15) is 12.7 Å². The molecule has 0 aromatic heterocycles. The Balaban J connectivity index is 2.68. The minimum Gasteiger partial charge on any atom is -0.379 e. The number of carbonyl (C=O) groups excluding carboxylic acids is 1. The van der Waals surface area contributed by atoms with E-state index in [0.29, 0.717) is 25.3 Å². The smallest absolute Gasteiger partial charge is 0.304 e. The summed E-state index contributed by atoms with van der Waals surface area (Å²) >= 11 is 0. The maximum atomic E-state index is 12.5. The molecule has 0 aliphatic rings. The highest BCUT2D eigenvalue weighted by atomic mass is 32.2. The molecule has 0 saturated carbocycles. The number of ether oxygens (including phenoxy) is 1. The minimum absolute atomic E-state index is 0.152. The third-order valence-electron chi connectivity index (χ3n) is 3.17. The lowest BCUT2D eigenvalue weighted by molar-refractivity contribution is -0.119. The molecular weight excluding hydrogens is 330 g/mol. The van der Waals surface area contributed by atoms with Gasteiger partial charge in [-0.3, -0.25) is 4.79 Å². The normalized spacial score (nSPS) is 11.8. The summed E-state index contributed by atoms with van der Waals surface area (Å²) in [5, 5.41) is 2.72. The first kappa shape index (κ1) is 20.4. The fourth-order valence-electron chi connectivity index (χ4n) is 1.90. The van der Waals surface area contributed by atoms with Gasteiger partial charge in [0.2, 0.25) is 5.91 Å². The Kier molecular flexibility index (Phi) is 8.17. The van der Waals surface area contributed by atoms with Gasteiger partial charge in [0.15, 0.2) is 0 Å². The third-order valence-corrected chi connectivity index (χ3v) is 4.99. The van der Waals surface area contributed by atoms with Crippen LogP contribution in [0.5, 0.6) is 0 Å². The largest absolute Gasteiger partial charge is 0.379 e. The van der Waals surface area contributed by atoms with Crippen LogP contribution in [0.15, 0.2) is 30.3 Å². The molecule has 0 heterocycles. The molecule has 0 atom stereocenters. The van der Waals surface area contributed by atoms with Gasteiger partial charge in [-0.1, -0.05) is 18.2 Å². The van der Waals surface area contributed by atoms with Crippen LogP contribution in [0.25, 0.3) is 0 Å². The molecule has 0 saturated heterocycles. The summed E-state index contributed by atoms with van der Waals surface area (Å²) in [6.45, 7) is 4.62. The van der Waals surface area contributed by atoms with E-state index in [-0.39, 0.29) is 18.6 Å². The zero-order valence-corrected chi connectivity index (χ0v) is 15.5. The molecule has 1 aromatic carbocycles. The molecule has 0 spiro atoms. The molecule has 136 valence electrons. The molecule has 1 aromatic rings. The van der Waals surface area contributed by atoms with E-state index < -0.39 is 10.2 Å². The second-order valence-corrected chi connectivity index (χ2v) is 7.82. The molecule has 1 rings (SSSR count). The Morgan fingerprint density at radius 1 is 1.21 bits per heavy atom. The van der Waals surface area contributed by atoms with Crippen LogP contribution in [0.2, 0.25) is 0 Å². The van der Waals surface area contributed by atoms with Gasteiger partial charge in [0.05, 0.1) is 11.8 Å². The van der Waals surface area contributed by atoms with Crippen LogP contribution >= 0.6 is 0 Å². The predicted octanol–water partition coefficient (Wildman–Crippen LogP) is 1.23. The number of nitrogens with zero attached hydrogens (tertiary/aromatic N) is 2. The Morgan fingerprint density at radius 2 is 1.83 bits per heavy atom. The van der Waals surface area contributed by atoms with Crippen molar-refractivity contribution in [3.8, 4) is 0 Å². The SMILES string of the molecule is CC(C)OCCCNC(=O)CN(c1ccccc1)S(=O)(=O)N(C)C. The number of hydrogen-bond donors (Lipinski definition) is 1. The van der Waals surface area contributed by atoms with Crippen molar-refractivity contribution in [3.05, 3.63) is 30.3 Å². The van der Waals surface area contributed by atoms with Crippen molar-refractivity contribution in [2.45, 2.75) is 26.4 Å². The number of benzene rings is 1. The van der Waals surface area contributed by atoms with E-state index in [0.717, 1.165) is 8.61 Å². The van der Waals surface area contributed by atoms with Crippen molar-refractivity contribution in [1.82, 2.24) is 9.62 Å². The van der Waals surface area contributed by atoms with Crippen molar-refractivity contribution in [2.75, 3.05) is 38.1 Å². The summed E-state index contributed by atoms with van der Waals surface area (Å²) in [5.74, 6) is -0.353. The van der Waals surface area contributed by atoms with Crippen molar-refractivity contribution in [1.29, 1.82) is 0 Å². The average Bonchev–Trinajstić information content (AvgIpc) is 2.52. The standard InChI is InChI=1S/C16H27N3O4S/c1-14(2)23-12-8-11-17-16(20)13-19(24(21,22)18(3)4)15-9-6-5-7-10-15/h5-7,9-10,14H,8,11-13H2,1-4H3,(H,17,20). The molecule has 0 radical (unpaired) electrons. The monoisotopic (exact) mass is 357 g/mol. The minimum atomic E-state index is -3.75. The zero-order chi connectivity index (χ0) is 18.2. The third kappa shape index (κ3) is 6.46. The molecule has 7 nitrogen and oxygen atoms in total. The van der Waals surface area contributed by atoms with Gasteiger partial charge in [0.25, 0.3) is 0 Å². The van der Waals surface area contributed by atoms with E-state index in [4.69, 9.17) is 4.74 Å². The molecule has 0 aliphatic heterocycles. The quantitative estimate of drug-likeness (QED) is 0.639.